The molecule has 1 aromatic heterocycles. The van der Waals surface area contributed by atoms with Crippen molar-refractivity contribution in [3.8, 4) is 0 Å². The lowest BCUT2D eigenvalue weighted by atomic mass is 10.1. The molecule has 104 valence electrons. The SMILES string of the molecule is CC(C)=CCOC(=O)c1ccccc1Cn1cncn1. The van der Waals surface area contributed by atoms with Gasteiger partial charge in [0.15, 0.2) is 0 Å². The molecule has 1 heterocycles. The summed E-state index contributed by atoms with van der Waals surface area (Å²) < 4.78 is 6.91. The first-order valence-corrected chi connectivity index (χ1v) is 6.37. The number of benzene rings is 1. The van der Waals surface area contributed by atoms with Gasteiger partial charge in [0.1, 0.15) is 19.3 Å². The van der Waals surface area contributed by atoms with Gasteiger partial charge < -0.3 is 4.74 Å². The van der Waals surface area contributed by atoms with Gasteiger partial charge in [0.2, 0.25) is 0 Å². The molecule has 0 bridgehead atoms. The fourth-order valence-corrected chi connectivity index (χ4v) is 1.71. The number of allylic oxidation sites excluding steroid dienone is 1. The molecule has 20 heavy (non-hydrogen) atoms. The molecule has 0 radical (unpaired) electrons. The quantitative estimate of drug-likeness (QED) is 0.619. The molecule has 0 unspecified atom stereocenters. The molecule has 0 aliphatic heterocycles. The van der Waals surface area contributed by atoms with Crippen LogP contribution in [0.5, 0.6) is 0 Å². The summed E-state index contributed by atoms with van der Waals surface area (Å²) in [7, 11) is 0. The lowest BCUT2D eigenvalue weighted by Gasteiger charge is -2.08. The molecule has 2 aromatic rings. The van der Waals surface area contributed by atoms with E-state index < -0.39 is 0 Å². The summed E-state index contributed by atoms with van der Waals surface area (Å²) in [4.78, 5) is 16.0. The second-order valence-electron chi connectivity index (χ2n) is 4.63. The van der Waals surface area contributed by atoms with Gasteiger partial charge in [-0.05, 0) is 31.6 Å². The van der Waals surface area contributed by atoms with Crippen LogP contribution in [0.15, 0.2) is 48.6 Å². The molecule has 2 rings (SSSR count). The van der Waals surface area contributed by atoms with E-state index in [1.165, 1.54) is 6.33 Å². The lowest BCUT2D eigenvalue weighted by Crippen LogP contribution is -2.11. The van der Waals surface area contributed by atoms with E-state index in [1.807, 2.05) is 38.1 Å². The molecule has 0 amide bonds. The fourth-order valence-electron chi connectivity index (χ4n) is 1.71. The van der Waals surface area contributed by atoms with Gasteiger partial charge >= 0.3 is 5.97 Å². The average molecular weight is 271 g/mol. The highest BCUT2D eigenvalue weighted by Gasteiger charge is 2.12. The van der Waals surface area contributed by atoms with Crippen LogP contribution >= 0.6 is 0 Å². The smallest absolute Gasteiger partial charge is 0.338 e. The van der Waals surface area contributed by atoms with Crippen molar-refractivity contribution >= 4 is 5.97 Å². The minimum atomic E-state index is -0.321. The monoisotopic (exact) mass is 271 g/mol. The Hall–Kier alpha value is -2.43. The predicted molar refractivity (Wildman–Crippen MR) is 75.3 cm³/mol. The Kier molecular flexibility index (Phi) is 4.65. The molecular formula is C15H17N3O2. The number of hydrogen-bond acceptors (Lipinski definition) is 4. The van der Waals surface area contributed by atoms with E-state index in [9.17, 15) is 4.79 Å². The molecular weight excluding hydrogens is 254 g/mol. The van der Waals surface area contributed by atoms with Gasteiger partial charge in [-0.25, -0.2) is 14.5 Å². The van der Waals surface area contributed by atoms with Crippen LogP contribution in [0.3, 0.4) is 0 Å². The number of carbonyl (C=O) groups is 1. The Bertz CT molecular complexity index is 599. The summed E-state index contributed by atoms with van der Waals surface area (Å²) >= 11 is 0. The fraction of sp³-hybridized carbons (Fsp3) is 0.267. The van der Waals surface area contributed by atoms with Crippen molar-refractivity contribution < 1.29 is 9.53 Å². The number of nitrogens with zero attached hydrogens (tertiary/aromatic N) is 3. The first kappa shape index (κ1) is 14.0. The van der Waals surface area contributed by atoms with Crippen molar-refractivity contribution in [1.82, 2.24) is 14.8 Å². The molecule has 0 saturated carbocycles. The maximum Gasteiger partial charge on any atom is 0.338 e. The third-order valence-corrected chi connectivity index (χ3v) is 2.74. The first-order valence-electron chi connectivity index (χ1n) is 6.37. The molecule has 0 spiro atoms. The van der Waals surface area contributed by atoms with Gasteiger partial charge in [0.25, 0.3) is 0 Å². The summed E-state index contributed by atoms with van der Waals surface area (Å²) in [6.45, 7) is 4.71. The van der Waals surface area contributed by atoms with E-state index in [0.29, 0.717) is 18.7 Å². The molecule has 0 aliphatic carbocycles. The molecule has 0 aliphatic rings. The van der Waals surface area contributed by atoms with E-state index in [2.05, 4.69) is 10.1 Å². The van der Waals surface area contributed by atoms with Gasteiger partial charge in [-0.15, -0.1) is 0 Å². The number of rotatable bonds is 5. The van der Waals surface area contributed by atoms with Crippen LogP contribution in [0.25, 0.3) is 0 Å². The predicted octanol–water partition coefficient (Wildman–Crippen LogP) is 2.45. The van der Waals surface area contributed by atoms with Gasteiger partial charge in [-0.2, -0.15) is 5.10 Å². The molecule has 0 atom stereocenters. The molecule has 0 saturated heterocycles. The highest BCUT2D eigenvalue weighted by Crippen LogP contribution is 2.11. The standard InChI is InChI=1S/C15H17N3O2/c1-12(2)7-8-20-15(19)14-6-4-3-5-13(14)9-18-11-16-10-17-18/h3-7,10-11H,8-9H2,1-2H3. The Morgan fingerprint density at radius 1 is 1.35 bits per heavy atom. The second kappa shape index (κ2) is 6.65. The van der Waals surface area contributed by atoms with Gasteiger partial charge in [0.05, 0.1) is 12.1 Å². The molecule has 0 fully saturated rings. The number of ether oxygens (including phenoxy) is 1. The van der Waals surface area contributed by atoms with Crippen molar-refractivity contribution in [1.29, 1.82) is 0 Å². The van der Waals surface area contributed by atoms with E-state index >= 15 is 0 Å². The largest absolute Gasteiger partial charge is 0.458 e. The highest BCUT2D eigenvalue weighted by atomic mass is 16.5. The topological polar surface area (TPSA) is 57.0 Å². The van der Waals surface area contributed by atoms with Crippen molar-refractivity contribution in [3.63, 3.8) is 0 Å². The maximum absolute atomic E-state index is 12.1. The zero-order valence-corrected chi connectivity index (χ0v) is 11.6. The number of carbonyl (C=O) groups excluding carboxylic acids is 1. The van der Waals surface area contributed by atoms with E-state index in [-0.39, 0.29) is 5.97 Å². The van der Waals surface area contributed by atoms with Crippen molar-refractivity contribution in [2.75, 3.05) is 6.61 Å². The second-order valence-corrected chi connectivity index (χ2v) is 4.63. The first-order chi connectivity index (χ1) is 9.66. The zero-order chi connectivity index (χ0) is 14.4. The average Bonchev–Trinajstić information content (AvgIpc) is 2.91. The van der Waals surface area contributed by atoms with Gasteiger partial charge in [-0.1, -0.05) is 23.8 Å². The molecule has 5 heteroatoms. The Labute approximate surface area is 117 Å². The number of aromatic nitrogens is 3. The minimum Gasteiger partial charge on any atom is -0.458 e. The Morgan fingerprint density at radius 3 is 2.85 bits per heavy atom. The highest BCUT2D eigenvalue weighted by molar-refractivity contribution is 5.91. The Balaban J connectivity index is 2.11. The minimum absolute atomic E-state index is 0.291. The molecule has 5 nitrogen and oxygen atoms in total. The lowest BCUT2D eigenvalue weighted by molar-refractivity contribution is 0.0547. The number of esters is 1. The van der Waals surface area contributed by atoms with Crippen LogP contribution in [0, 0.1) is 0 Å². The van der Waals surface area contributed by atoms with Gasteiger partial charge in [-0.3, -0.25) is 0 Å². The van der Waals surface area contributed by atoms with E-state index in [4.69, 9.17) is 4.74 Å². The summed E-state index contributed by atoms with van der Waals surface area (Å²) in [5, 5.41) is 4.04. The van der Waals surface area contributed by atoms with Crippen LogP contribution in [0.1, 0.15) is 29.8 Å². The Morgan fingerprint density at radius 2 is 2.15 bits per heavy atom. The molecule has 1 aromatic carbocycles. The van der Waals surface area contributed by atoms with E-state index in [0.717, 1.165) is 11.1 Å². The third kappa shape index (κ3) is 3.78. The summed E-state index contributed by atoms with van der Waals surface area (Å²) in [5.74, 6) is -0.321. The van der Waals surface area contributed by atoms with Crippen LogP contribution in [0.4, 0.5) is 0 Å². The third-order valence-electron chi connectivity index (χ3n) is 2.74. The summed E-state index contributed by atoms with van der Waals surface area (Å²) in [6.07, 6.45) is 4.96. The van der Waals surface area contributed by atoms with Crippen LogP contribution in [-0.4, -0.2) is 27.3 Å². The van der Waals surface area contributed by atoms with Gasteiger partial charge in [0, 0.05) is 0 Å². The summed E-state index contributed by atoms with van der Waals surface area (Å²) in [6, 6.07) is 7.36. The van der Waals surface area contributed by atoms with Crippen molar-refractivity contribution in [2.45, 2.75) is 20.4 Å². The van der Waals surface area contributed by atoms with E-state index in [1.54, 1.807) is 17.1 Å². The maximum atomic E-state index is 12.1. The normalized spacial score (nSPS) is 10.1. The van der Waals surface area contributed by atoms with Crippen LogP contribution < -0.4 is 0 Å². The number of hydrogen-bond donors (Lipinski definition) is 0. The molecule has 0 N–H and O–H groups in total. The van der Waals surface area contributed by atoms with Crippen LogP contribution in [0.2, 0.25) is 0 Å². The zero-order valence-electron chi connectivity index (χ0n) is 11.6. The van der Waals surface area contributed by atoms with Crippen LogP contribution in [-0.2, 0) is 11.3 Å². The summed E-state index contributed by atoms with van der Waals surface area (Å²) in [5.41, 5.74) is 2.54. The van der Waals surface area contributed by atoms with Crippen molar-refractivity contribution in [3.05, 3.63) is 59.7 Å². The van der Waals surface area contributed by atoms with Crippen molar-refractivity contribution in [2.24, 2.45) is 0 Å².